The van der Waals surface area contributed by atoms with Gasteiger partial charge in [0.25, 0.3) is 5.91 Å². The zero-order valence-corrected chi connectivity index (χ0v) is 23.6. The molecule has 3 unspecified atom stereocenters. The van der Waals surface area contributed by atoms with E-state index in [2.05, 4.69) is 10.6 Å². The Morgan fingerprint density at radius 1 is 0.780 bits per heavy atom. The van der Waals surface area contributed by atoms with Crippen LogP contribution in [-0.2, 0) is 52.3 Å². The molecule has 5 atom stereocenters. The molecule has 14 nitrogen and oxygen atoms in total. The van der Waals surface area contributed by atoms with Crippen molar-refractivity contribution >= 4 is 29.7 Å². The summed E-state index contributed by atoms with van der Waals surface area (Å²) < 4.78 is 38.4. The second-order valence-corrected chi connectivity index (χ2v) is 8.94. The molecule has 0 bridgehead atoms. The first-order chi connectivity index (χ1) is 19.6. The summed E-state index contributed by atoms with van der Waals surface area (Å²) in [4.78, 5) is 59.0. The zero-order chi connectivity index (χ0) is 30.2. The standard InChI is InChI=1S/C27H38N2O12/c1-17(30)29-23-25(40-20(4)33)24(39-19(3)32)22(16-38-18(2)31)41-27(23)37-15-14-36-13-12-35-11-10-28-26(34)21-8-6-5-7-9-21/h5-9,22-25,27H,10-16H2,1-4H3,(H,28,34)(H,29,30)/t22?,23?,24-,25?,27+/m0/s1. The average Bonchev–Trinajstić information content (AvgIpc) is 2.91. The fourth-order valence-electron chi connectivity index (χ4n) is 3.91. The highest BCUT2D eigenvalue weighted by atomic mass is 16.7. The summed E-state index contributed by atoms with van der Waals surface area (Å²) in [6, 6.07) is 7.79. The quantitative estimate of drug-likeness (QED) is 0.153. The van der Waals surface area contributed by atoms with Crippen LogP contribution >= 0.6 is 0 Å². The van der Waals surface area contributed by atoms with E-state index in [-0.39, 0.29) is 38.9 Å². The third kappa shape index (κ3) is 12.6. The SMILES string of the molecule is CC(=O)NC1C(OC(C)=O)[C@@H](OC(C)=O)C(COC(C)=O)O[C@H]1OCCOCCOCCNC(=O)c1ccccc1. The van der Waals surface area contributed by atoms with Gasteiger partial charge in [-0.2, -0.15) is 0 Å². The topological polar surface area (TPSA) is 174 Å². The molecule has 1 heterocycles. The summed E-state index contributed by atoms with van der Waals surface area (Å²) in [5, 5.41) is 5.38. The van der Waals surface area contributed by atoms with Gasteiger partial charge in [0.05, 0.1) is 33.0 Å². The second-order valence-electron chi connectivity index (χ2n) is 8.94. The van der Waals surface area contributed by atoms with E-state index in [0.717, 1.165) is 13.8 Å². The van der Waals surface area contributed by atoms with Crippen molar-refractivity contribution in [2.24, 2.45) is 0 Å². The lowest BCUT2D eigenvalue weighted by Gasteiger charge is -2.44. The number of carbonyl (C=O) groups is 5. The molecule has 0 aliphatic carbocycles. The molecular weight excluding hydrogens is 544 g/mol. The highest BCUT2D eigenvalue weighted by molar-refractivity contribution is 5.94. The van der Waals surface area contributed by atoms with E-state index in [0.29, 0.717) is 18.7 Å². The van der Waals surface area contributed by atoms with E-state index in [1.807, 2.05) is 6.07 Å². The molecule has 2 N–H and O–H groups in total. The molecule has 1 aromatic rings. The minimum Gasteiger partial charge on any atom is -0.463 e. The van der Waals surface area contributed by atoms with Crippen molar-refractivity contribution < 1.29 is 57.1 Å². The number of nitrogens with one attached hydrogen (secondary N) is 2. The normalized spacial score (nSPS) is 21.8. The summed E-state index contributed by atoms with van der Waals surface area (Å²) >= 11 is 0. The Kier molecular flexibility index (Phi) is 14.7. The van der Waals surface area contributed by atoms with Crippen molar-refractivity contribution in [3.8, 4) is 0 Å². The Bertz CT molecular complexity index is 1010. The number of carbonyl (C=O) groups excluding carboxylic acids is 5. The minimum atomic E-state index is -1.20. The van der Waals surface area contributed by atoms with Gasteiger partial charge in [0.15, 0.2) is 18.5 Å². The van der Waals surface area contributed by atoms with E-state index in [1.165, 1.54) is 13.8 Å². The molecule has 2 rings (SSSR count). The Balaban J connectivity index is 1.85. The van der Waals surface area contributed by atoms with Crippen molar-refractivity contribution in [1.82, 2.24) is 10.6 Å². The van der Waals surface area contributed by atoms with Crippen LogP contribution < -0.4 is 10.6 Å². The lowest BCUT2D eigenvalue weighted by atomic mass is 9.96. The Hall–Kier alpha value is -3.59. The fourth-order valence-corrected chi connectivity index (χ4v) is 3.91. The third-order valence-electron chi connectivity index (χ3n) is 5.52. The van der Waals surface area contributed by atoms with E-state index >= 15 is 0 Å². The van der Waals surface area contributed by atoms with E-state index in [1.54, 1.807) is 24.3 Å². The van der Waals surface area contributed by atoms with E-state index in [9.17, 15) is 24.0 Å². The first-order valence-corrected chi connectivity index (χ1v) is 13.1. The first-order valence-electron chi connectivity index (χ1n) is 13.1. The van der Waals surface area contributed by atoms with Gasteiger partial charge in [-0.15, -0.1) is 0 Å². The molecule has 1 aliphatic heterocycles. The molecule has 1 aromatic carbocycles. The number of hydrogen-bond donors (Lipinski definition) is 2. The second kappa shape index (κ2) is 18.0. The monoisotopic (exact) mass is 582 g/mol. The van der Waals surface area contributed by atoms with Crippen LogP contribution in [0, 0.1) is 0 Å². The molecule has 0 aromatic heterocycles. The van der Waals surface area contributed by atoms with Crippen LogP contribution in [0.25, 0.3) is 0 Å². The van der Waals surface area contributed by atoms with E-state index < -0.39 is 54.5 Å². The number of hydrogen-bond acceptors (Lipinski definition) is 12. The van der Waals surface area contributed by atoms with Crippen molar-refractivity contribution in [1.29, 1.82) is 0 Å². The van der Waals surface area contributed by atoms with Gasteiger partial charge >= 0.3 is 17.9 Å². The van der Waals surface area contributed by atoms with Gasteiger partial charge in [-0.25, -0.2) is 0 Å². The van der Waals surface area contributed by atoms with Gasteiger partial charge in [0.1, 0.15) is 18.8 Å². The molecule has 1 aliphatic rings. The van der Waals surface area contributed by atoms with Crippen LogP contribution in [0.4, 0.5) is 0 Å². The fraction of sp³-hybridized carbons (Fsp3) is 0.593. The van der Waals surface area contributed by atoms with Gasteiger partial charge in [0, 0.05) is 39.8 Å². The average molecular weight is 583 g/mol. The smallest absolute Gasteiger partial charge is 0.303 e. The number of amides is 2. The Morgan fingerprint density at radius 2 is 1.39 bits per heavy atom. The molecule has 0 saturated carbocycles. The van der Waals surface area contributed by atoms with Crippen molar-refractivity contribution in [2.75, 3.05) is 46.2 Å². The van der Waals surface area contributed by atoms with Crippen LogP contribution in [0.5, 0.6) is 0 Å². The molecule has 41 heavy (non-hydrogen) atoms. The van der Waals surface area contributed by atoms with Crippen molar-refractivity contribution in [3.05, 3.63) is 35.9 Å². The number of benzene rings is 1. The van der Waals surface area contributed by atoms with Crippen molar-refractivity contribution in [2.45, 2.75) is 58.3 Å². The first kappa shape index (κ1) is 33.6. The third-order valence-corrected chi connectivity index (χ3v) is 5.52. The lowest BCUT2D eigenvalue weighted by Crippen LogP contribution is -2.66. The Morgan fingerprint density at radius 3 is 2.00 bits per heavy atom. The molecule has 228 valence electrons. The van der Waals surface area contributed by atoms with Crippen molar-refractivity contribution in [3.63, 3.8) is 0 Å². The molecule has 0 spiro atoms. The minimum absolute atomic E-state index is 0.0131. The summed E-state index contributed by atoms with van der Waals surface area (Å²) in [6.07, 6.45) is -4.61. The molecule has 0 radical (unpaired) electrons. The molecule has 1 saturated heterocycles. The highest BCUT2D eigenvalue weighted by Crippen LogP contribution is 2.28. The lowest BCUT2D eigenvalue weighted by molar-refractivity contribution is -0.279. The number of rotatable bonds is 16. The van der Waals surface area contributed by atoms with Crippen LogP contribution in [0.15, 0.2) is 30.3 Å². The van der Waals surface area contributed by atoms with Gasteiger partial charge in [-0.3, -0.25) is 24.0 Å². The number of ether oxygens (including phenoxy) is 7. The molecular formula is C27H38N2O12. The summed E-state index contributed by atoms with van der Waals surface area (Å²) in [6.45, 7) is 5.75. The van der Waals surface area contributed by atoms with Crippen LogP contribution in [0.1, 0.15) is 38.1 Å². The van der Waals surface area contributed by atoms with Gasteiger partial charge in [-0.1, -0.05) is 18.2 Å². The maximum Gasteiger partial charge on any atom is 0.303 e. The summed E-state index contributed by atoms with van der Waals surface area (Å²) in [5.74, 6) is -2.65. The van der Waals surface area contributed by atoms with Crippen LogP contribution in [0.3, 0.4) is 0 Å². The predicted octanol–water partition coefficient (Wildman–Crippen LogP) is 0.122. The Labute approximate surface area is 238 Å². The number of esters is 3. The predicted molar refractivity (Wildman–Crippen MR) is 140 cm³/mol. The largest absolute Gasteiger partial charge is 0.463 e. The molecule has 2 amide bonds. The summed E-state index contributed by atoms with van der Waals surface area (Å²) in [5.41, 5.74) is 0.567. The maximum atomic E-state index is 12.0. The zero-order valence-electron chi connectivity index (χ0n) is 23.6. The van der Waals surface area contributed by atoms with Gasteiger partial charge in [0.2, 0.25) is 5.91 Å². The highest BCUT2D eigenvalue weighted by Gasteiger charge is 2.51. The van der Waals surface area contributed by atoms with Gasteiger partial charge < -0.3 is 43.8 Å². The summed E-state index contributed by atoms with van der Waals surface area (Å²) in [7, 11) is 0. The van der Waals surface area contributed by atoms with Gasteiger partial charge in [-0.05, 0) is 12.1 Å². The molecule has 1 fully saturated rings. The van der Waals surface area contributed by atoms with Crippen LogP contribution in [0.2, 0.25) is 0 Å². The van der Waals surface area contributed by atoms with Crippen LogP contribution in [-0.4, -0.2) is 107 Å². The van der Waals surface area contributed by atoms with E-state index in [4.69, 9.17) is 33.2 Å². The molecule has 14 heteroatoms. The maximum absolute atomic E-state index is 12.0.